The quantitative estimate of drug-likeness (QED) is 0.416. The topological polar surface area (TPSA) is 65.2 Å². The molecule has 0 bridgehead atoms. The summed E-state index contributed by atoms with van der Waals surface area (Å²) in [5, 5.41) is 19.8. The van der Waals surface area contributed by atoms with Crippen LogP contribution in [0.3, 0.4) is 0 Å². The number of hydrogen-bond donors (Lipinski definition) is 2. The molecule has 0 unspecified atom stereocenters. The highest BCUT2D eigenvalue weighted by Gasteiger charge is 2.02. The molecule has 3 aromatic carbocycles. The molecular weight excluding hydrogens is 472 g/mol. The third-order valence-electron chi connectivity index (χ3n) is 3.85. The van der Waals surface area contributed by atoms with Crippen molar-refractivity contribution in [2.75, 3.05) is 0 Å². The van der Waals surface area contributed by atoms with Gasteiger partial charge in [-0.2, -0.15) is 0 Å². The van der Waals surface area contributed by atoms with Gasteiger partial charge in [0, 0.05) is 32.5 Å². The van der Waals surface area contributed by atoms with E-state index in [1.54, 1.807) is 48.8 Å². The van der Waals surface area contributed by atoms with Crippen LogP contribution in [0, 0.1) is 6.92 Å². The summed E-state index contributed by atoms with van der Waals surface area (Å²) in [6, 6.07) is 16.0. The molecule has 0 saturated carbocycles. The lowest BCUT2D eigenvalue weighted by molar-refractivity contribution is 0.474. The van der Waals surface area contributed by atoms with Crippen molar-refractivity contribution < 1.29 is 10.2 Å². The van der Waals surface area contributed by atoms with E-state index in [0.717, 1.165) is 25.9 Å². The lowest BCUT2D eigenvalue weighted by Crippen LogP contribution is -1.84. The van der Waals surface area contributed by atoms with Gasteiger partial charge in [-0.15, -0.1) is 0 Å². The molecule has 136 valence electrons. The third kappa shape index (κ3) is 5.05. The Bertz CT molecular complexity index is 1050. The Morgan fingerprint density at radius 1 is 0.741 bits per heavy atom. The van der Waals surface area contributed by atoms with Crippen molar-refractivity contribution in [2.45, 2.75) is 6.92 Å². The highest BCUT2D eigenvalue weighted by molar-refractivity contribution is 9.10. The largest absolute Gasteiger partial charge is 0.507 e. The SMILES string of the molecule is Cc1cc(N=Cc2cc(Br)ccc2O)ccc1N=Cc1cc(Br)ccc1O. The van der Waals surface area contributed by atoms with Crippen LogP contribution >= 0.6 is 31.9 Å². The number of phenols is 2. The van der Waals surface area contributed by atoms with E-state index in [0.29, 0.717) is 11.1 Å². The third-order valence-corrected chi connectivity index (χ3v) is 4.84. The Morgan fingerprint density at radius 2 is 1.30 bits per heavy atom. The van der Waals surface area contributed by atoms with Gasteiger partial charge in [-0.05, 0) is 67.1 Å². The minimum absolute atomic E-state index is 0.175. The molecular formula is C21H16Br2N2O2. The van der Waals surface area contributed by atoms with Gasteiger partial charge in [-0.3, -0.25) is 9.98 Å². The molecule has 0 saturated heterocycles. The van der Waals surface area contributed by atoms with E-state index in [1.807, 2.05) is 25.1 Å². The van der Waals surface area contributed by atoms with Crippen molar-refractivity contribution >= 4 is 55.7 Å². The van der Waals surface area contributed by atoms with Gasteiger partial charge in [0.15, 0.2) is 0 Å². The van der Waals surface area contributed by atoms with Crippen LogP contribution in [-0.2, 0) is 0 Å². The molecule has 0 fully saturated rings. The minimum Gasteiger partial charge on any atom is -0.507 e. The van der Waals surface area contributed by atoms with E-state index in [-0.39, 0.29) is 11.5 Å². The second-order valence-electron chi connectivity index (χ2n) is 5.89. The fourth-order valence-electron chi connectivity index (χ4n) is 2.41. The maximum Gasteiger partial charge on any atom is 0.124 e. The van der Waals surface area contributed by atoms with Crippen molar-refractivity contribution in [3.05, 3.63) is 80.2 Å². The van der Waals surface area contributed by atoms with E-state index in [4.69, 9.17) is 0 Å². The molecule has 4 nitrogen and oxygen atoms in total. The maximum atomic E-state index is 9.89. The molecule has 0 aliphatic rings. The Balaban J connectivity index is 1.81. The number of hydrogen-bond acceptors (Lipinski definition) is 4. The van der Waals surface area contributed by atoms with Crippen LogP contribution in [0.2, 0.25) is 0 Å². The molecule has 0 spiro atoms. The molecule has 6 heteroatoms. The minimum atomic E-state index is 0.175. The standard InChI is InChI=1S/C21H16Br2N2O2/c1-13-8-18(24-11-14-9-16(22)2-6-20(14)26)4-5-19(13)25-12-15-10-17(23)3-7-21(15)27/h2-12,26-27H,1H3. The van der Waals surface area contributed by atoms with Gasteiger partial charge in [0.05, 0.1) is 11.4 Å². The van der Waals surface area contributed by atoms with Gasteiger partial charge in [-0.25, -0.2) is 0 Å². The van der Waals surface area contributed by atoms with Crippen LogP contribution < -0.4 is 0 Å². The van der Waals surface area contributed by atoms with Crippen molar-refractivity contribution in [3.63, 3.8) is 0 Å². The van der Waals surface area contributed by atoms with Crippen molar-refractivity contribution in [1.29, 1.82) is 0 Å². The second kappa shape index (κ2) is 8.50. The van der Waals surface area contributed by atoms with E-state index >= 15 is 0 Å². The number of aliphatic imine (C=N–C) groups is 2. The average Bonchev–Trinajstić information content (AvgIpc) is 2.64. The van der Waals surface area contributed by atoms with Crippen molar-refractivity contribution in [2.24, 2.45) is 9.98 Å². The van der Waals surface area contributed by atoms with Crippen LogP contribution in [0.4, 0.5) is 11.4 Å². The normalized spacial score (nSPS) is 11.5. The number of halogens is 2. The Morgan fingerprint density at radius 3 is 1.85 bits per heavy atom. The highest BCUT2D eigenvalue weighted by Crippen LogP contribution is 2.26. The fourth-order valence-corrected chi connectivity index (χ4v) is 3.16. The molecule has 0 heterocycles. The number of nitrogens with zero attached hydrogens (tertiary/aromatic N) is 2. The number of aryl methyl sites for hydroxylation is 1. The molecule has 3 rings (SSSR count). The van der Waals surface area contributed by atoms with Gasteiger partial charge in [-0.1, -0.05) is 31.9 Å². The van der Waals surface area contributed by atoms with Gasteiger partial charge in [0.25, 0.3) is 0 Å². The molecule has 0 aromatic heterocycles. The predicted octanol–water partition coefficient (Wildman–Crippen LogP) is 6.43. The number of rotatable bonds is 4. The summed E-state index contributed by atoms with van der Waals surface area (Å²) in [5.41, 5.74) is 3.77. The van der Waals surface area contributed by atoms with Gasteiger partial charge in [0.2, 0.25) is 0 Å². The lowest BCUT2D eigenvalue weighted by Gasteiger charge is -2.03. The Hall–Kier alpha value is -2.44. The zero-order valence-corrected chi connectivity index (χ0v) is 17.6. The van der Waals surface area contributed by atoms with Gasteiger partial charge in [0.1, 0.15) is 11.5 Å². The van der Waals surface area contributed by atoms with Crippen LogP contribution in [0.5, 0.6) is 11.5 Å². The Kier molecular flexibility index (Phi) is 6.08. The van der Waals surface area contributed by atoms with E-state index in [1.165, 1.54) is 0 Å². The zero-order chi connectivity index (χ0) is 19.4. The summed E-state index contributed by atoms with van der Waals surface area (Å²) in [7, 11) is 0. The van der Waals surface area contributed by atoms with Gasteiger partial charge >= 0.3 is 0 Å². The summed E-state index contributed by atoms with van der Waals surface area (Å²) >= 11 is 6.76. The lowest BCUT2D eigenvalue weighted by atomic mass is 10.1. The fraction of sp³-hybridized carbons (Fsp3) is 0.0476. The van der Waals surface area contributed by atoms with Gasteiger partial charge < -0.3 is 10.2 Å². The average molecular weight is 488 g/mol. The van der Waals surface area contributed by atoms with Crippen molar-refractivity contribution in [3.8, 4) is 11.5 Å². The monoisotopic (exact) mass is 486 g/mol. The first-order valence-corrected chi connectivity index (χ1v) is 9.67. The highest BCUT2D eigenvalue weighted by atomic mass is 79.9. The summed E-state index contributed by atoms with van der Waals surface area (Å²) in [5.74, 6) is 0.350. The predicted molar refractivity (Wildman–Crippen MR) is 117 cm³/mol. The molecule has 0 aliphatic heterocycles. The summed E-state index contributed by atoms with van der Waals surface area (Å²) in [4.78, 5) is 8.88. The first kappa shape index (κ1) is 19.3. The van der Waals surface area contributed by atoms with E-state index in [9.17, 15) is 10.2 Å². The number of aromatic hydroxyl groups is 2. The number of benzene rings is 3. The number of phenolic OH excluding ortho intramolecular Hbond substituents is 2. The first-order chi connectivity index (χ1) is 12.9. The molecule has 0 atom stereocenters. The van der Waals surface area contributed by atoms with Crippen molar-refractivity contribution in [1.82, 2.24) is 0 Å². The second-order valence-corrected chi connectivity index (χ2v) is 7.72. The summed E-state index contributed by atoms with van der Waals surface area (Å²) in [6.45, 7) is 1.95. The van der Waals surface area contributed by atoms with Crippen LogP contribution in [0.25, 0.3) is 0 Å². The van der Waals surface area contributed by atoms with Crippen LogP contribution in [-0.4, -0.2) is 22.6 Å². The smallest absolute Gasteiger partial charge is 0.124 e. The van der Waals surface area contributed by atoms with E-state index in [2.05, 4.69) is 41.8 Å². The zero-order valence-electron chi connectivity index (χ0n) is 14.4. The summed E-state index contributed by atoms with van der Waals surface area (Å²) < 4.78 is 1.75. The molecule has 0 amide bonds. The molecule has 27 heavy (non-hydrogen) atoms. The maximum absolute atomic E-state index is 9.89. The molecule has 3 aromatic rings. The van der Waals surface area contributed by atoms with Crippen LogP contribution in [0.15, 0.2) is 73.5 Å². The molecule has 0 aliphatic carbocycles. The van der Waals surface area contributed by atoms with E-state index < -0.39 is 0 Å². The Labute approximate surface area is 174 Å². The molecule has 0 radical (unpaired) electrons. The summed E-state index contributed by atoms with van der Waals surface area (Å²) in [6.07, 6.45) is 3.25. The van der Waals surface area contributed by atoms with Crippen LogP contribution in [0.1, 0.15) is 16.7 Å². The first-order valence-electron chi connectivity index (χ1n) is 8.08. The molecule has 2 N–H and O–H groups in total.